The predicted molar refractivity (Wildman–Crippen MR) is 337 cm³/mol. The molecule has 0 heteroatoms. The van der Waals surface area contributed by atoms with Crippen LogP contribution in [0.2, 0.25) is 0 Å². The van der Waals surface area contributed by atoms with Gasteiger partial charge >= 0.3 is 0 Å². The van der Waals surface area contributed by atoms with Gasteiger partial charge < -0.3 is 0 Å². The Balaban J connectivity index is 0.000000108. The first-order valence-electron chi connectivity index (χ1n) is 26.8. The third kappa shape index (κ3) is 10.4. The highest BCUT2D eigenvalue weighted by molar-refractivity contribution is 6.11. The van der Waals surface area contributed by atoms with Crippen molar-refractivity contribution in [2.75, 3.05) is 0 Å². The van der Waals surface area contributed by atoms with Gasteiger partial charge in [0.05, 0.1) is 0 Å². The SMILES string of the molecule is Cc1ccc2ccc3cccc(C)c3c2c1.Cc1cccc2c(C)cccc12.Cc1cccc2c1c(C)cc1ccccc12.Cc1cccc2cc3cccc(C)c3cc12.Cc1cccc2cc3ccccc3c(C)c12. The van der Waals surface area contributed by atoms with Gasteiger partial charge in [0.2, 0.25) is 0 Å². The molecule has 0 aliphatic carbocycles. The molecule has 0 bridgehead atoms. The van der Waals surface area contributed by atoms with Gasteiger partial charge in [-0.2, -0.15) is 0 Å². The minimum atomic E-state index is 1.32. The summed E-state index contributed by atoms with van der Waals surface area (Å²) in [6.07, 6.45) is 0. The van der Waals surface area contributed by atoms with Crippen molar-refractivity contribution < 1.29 is 0 Å². The second-order valence-corrected chi connectivity index (χ2v) is 21.0. The Morgan fingerprint density at radius 1 is 0.171 bits per heavy atom. The molecule has 0 N–H and O–H groups in total. The molecule has 14 rings (SSSR count). The van der Waals surface area contributed by atoms with Crippen LogP contribution in [0.5, 0.6) is 0 Å². The van der Waals surface area contributed by atoms with Crippen molar-refractivity contribution in [3.05, 3.63) is 286 Å². The molecule has 0 unspecified atom stereocenters. The first-order valence-corrected chi connectivity index (χ1v) is 26.8. The van der Waals surface area contributed by atoms with Crippen LogP contribution in [0, 0.1) is 69.2 Å². The molecule has 0 amide bonds. The molecule has 76 heavy (non-hydrogen) atoms. The van der Waals surface area contributed by atoms with Crippen LogP contribution in [-0.4, -0.2) is 0 Å². The molecular formula is C76H68. The van der Waals surface area contributed by atoms with E-state index in [4.69, 9.17) is 0 Å². The average molecular weight is 981 g/mol. The maximum Gasteiger partial charge on any atom is -0.00760 e. The van der Waals surface area contributed by atoms with Crippen molar-refractivity contribution >= 4 is 97.0 Å². The summed E-state index contributed by atoms with van der Waals surface area (Å²) in [6, 6.07) is 82.9. The lowest BCUT2D eigenvalue weighted by atomic mass is 9.95. The molecule has 14 aromatic rings. The summed E-state index contributed by atoms with van der Waals surface area (Å²) in [7, 11) is 0. The predicted octanol–water partition coefficient (Wildman–Crippen LogP) is 21.9. The van der Waals surface area contributed by atoms with Crippen molar-refractivity contribution in [2.24, 2.45) is 0 Å². The monoisotopic (exact) mass is 981 g/mol. The third-order valence-electron chi connectivity index (χ3n) is 15.5. The summed E-state index contributed by atoms with van der Waals surface area (Å²) in [6.45, 7) is 21.8. The highest BCUT2D eigenvalue weighted by Gasteiger charge is 2.08. The van der Waals surface area contributed by atoms with E-state index in [0.29, 0.717) is 0 Å². The van der Waals surface area contributed by atoms with Crippen molar-refractivity contribution in [3.8, 4) is 0 Å². The summed E-state index contributed by atoms with van der Waals surface area (Å²) < 4.78 is 0. The Morgan fingerprint density at radius 3 is 1.16 bits per heavy atom. The number of rotatable bonds is 0. The fourth-order valence-electron chi connectivity index (χ4n) is 11.6. The standard InChI is InChI=1S/4C16H14.C12H12/c1-11-5-3-7-13-9-14-8-4-6-12(2)16(14)10-15(11)13;1-11-6-5-8-14-10-13-7-3-4-9-15(13)12(2)16(11)14;1-11-6-5-9-15-14-8-4-3-7-13(14)10-12(2)16(11)15;1-11-6-7-13-8-9-14-5-3-4-12(2)16(14)15(13)10-11;1-9-5-3-8-12-10(2)6-4-7-11(9)12/h4*3-10H,1-2H3;3-8H,1-2H3. The fourth-order valence-corrected chi connectivity index (χ4v) is 11.6. The van der Waals surface area contributed by atoms with Crippen LogP contribution in [0.3, 0.4) is 0 Å². The van der Waals surface area contributed by atoms with Gasteiger partial charge in [0.25, 0.3) is 0 Å². The normalized spacial score (nSPS) is 11.0. The third-order valence-corrected chi connectivity index (χ3v) is 15.5. The topological polar surface area (TPSA) is 0 Å². The Hall–Kier alpha value is -8.58. The van der Waals surface area contributed by atoms with Crippen LogP contribution in [0.15, 0.2) is 231 Å². The maximum atomic E-state index is 2.31. The van der Waals surface area contributed by atoms with Gasteiger partial charge in [-0.05, 0) is 234 Å². The van der Waals surface area contributed by atoms with E-state index in [1.54, 1.807) is 0 Å². The average Bonchev–Trinajstić information content (AvgIpc) is 3.42. The highest BCUT2D eigenvalue weighted by Crippen LogP contribution is 2.33. The summed E-state index contributed by atoms with van der Waals surface area (Å²) in [5.74, 6) is 0. The van der Waals surface area contributed by atoms with Crippen molar-refractivity contribution in [1.82, 2.24) is 0 Å². The summed E-state index contributed by atoms with van der Waals surface area (Å²) in [5.41, 5.74) is 13.6. The van der Waals surface area contributed by atoms with Crippen LogP contribution in [0.25, 0.3) is 97.0 Å². The quantitative estimate of drug-likeness (QED) is 0.105. The Labute approximate surface area is 449 Å². The van der Waals surface area contributed by atoms with Gasteiger partial charge in [-0.1, -0.05) is 218 Å². The van der Waals surface area contributed by atoms with Crippen LogP contribution in [0.4, 0.5) is 0 Å². The lowest BCUT2D eigenvalue weighted by Gasteiger charge is -2.09. The van der Waals surface area contributed by atoms with E-state index in [2.05, 4.69) is 300 Å². The summed E-state index contributed by atoms with van der Waals surface area (Å²) in [4.78, 5) is 0. The molecule has 372 valence electrons. The van der Waals surface area contributed by atoms with Crippen LogP contribution in [0.1, 0.15) is 55.6 Å². The molecule has 0 fully saturated rings. The van der Waals surface area contributed by atoms with Crippen LogP contribution >= 0.6 is 0 Å². The Bertz CT molecular complexity index is 4310. The molecule has 0 atom stereocenters. The molecular weight excluding hydrogens is 913 g/mol. The molecule has 14 aromatic carbocycles. The lowest BCUT2D eigenvalue weighted by molar-refractivity contribution is 1.48. The number of hydrogen-bond acceptors (Lipinski definition) is 0. The largest absolute Gasteiger partial charge is 0.0616 e. The molecule has 0 spiro atoms. The van der Waals surface area contributed by atoms with Gasteiger partial charge in [-0.15, -0.1) is 0 Å². The molecule has 0 aliphatic rings. The van der Waals surface area contributed by atoms with Gasteiger partial charge in [0.15, 0.2) is 0 Å². The smallest absolute Gasteiger partial charge is 0.00760 e. The minimum Gasteiger partial charge on any atom is -0.0616 e. The van der Waals surface area contributed by atoms with Crippen molar-refractivity contribution in [2.45, 2.75) is 69.2 Å². The van der Waals surface area contributed by atoms with Crippen LogP contribution < -0.4 is 0 Å². The van der Waals surface area contributed by atoms with E-state index >= 15 is 0 Å². The first kappa shape index (κ1) is 50.9. The second kappa shape index (κ2) is 22.1. The number of aryl methyl sites for hydroxylation is 10. The van der Waals surface area contributed by atoms with E-state index in [-0.39, 0.29) is 0 Å². The summed E-state index contributed by atoms with van der Waals surface area (Å²) >= 11 is 0. The molecule has 0 aliphatic heterocycles. The van der Waals surface area contributed by atoms with Gasteiger partial charge in [-0.25, -0.2) is 0 Å². The molecule has 0 nitrogen and oxygen atoms in total. The van der Waals surface area contributed by atoms with E-state index < -0.39 is 0 Å². The van der Waals surface area contributed by atoms with E-state index in [1.165, 1.54) is 153 Å². The maximum absolute atomic E-state index is 2.31. The van der Waals surface area contributed by atoms with Gasteiger partial charge in [0, 0.05) is 0 Å². The van der Waals surface area contributed by atoms with E-state index in [9.17, 15) is 0 Å². The van der Waals surface area contributed by atoms with Gasteiger partial charge in [-0.3, -0.25) is 0 Å². The van der Waals surface area contributed by atoms with E-state index in [1.807, 2.05) is 0 Å². The summed E-state index contributed by atoms with van der Waals surface area (Å²) in [5, 5.41) is 24.5. The minimum absolute atomic E-state index is 1.32. The molecule has 0 radical (unpaired) electrons. The Kier molecular flexibility index (Phi) is 14.8. The van der Waals surface area contributed by atoms with Crippen molar-refractivity contribution in [1.29, 1.82) is 0 Å². The second-order valence-electron chi connectivity index (χ2n) is 21.0. The zero-order valence-electron chi connectivity index (χ0n) is 45.9. The fraction of sp³-hybridized carbons (Fsp3) is 0.132. The zero-order valence-corrected chi connectivity index (χ0v) is 45.9. The van der Waals surface area contributed by atoms with Crippen molar-refractivity contribution in [3.63, 3.8) is 0 Å². The Morgan fingerprint density at radius 2 is 0.553 bits per heavy atom. The van der Waals surface area contributed by atoms with E-state index in [0.717, 1.165) is 0 Å². The zero-order chi connectivity index (χ0) is 53.0. The van der Waals surface area contributed by atoms with Crippen LogP contribution in [-0.2, 0) is 0 Å². The molecule has 0 saturated heterocycles. The molecule has 0 aromatic heterocycles. The van der Waals surface area contributed by atoms with Gasteiger partial charge in [0.1, 0.15) is 0 Å². The number of benzene rings is 14. The highest BCUT2D eigenvalue weighted by atomic mass is 14.1. The first-order chi connectivity index (χ1) is 36.8. The lowest BCUT2D eigenvalue weighted by Crippen LogP contribution is -1.85. The number of hydrogen-bond donors (Lipinski definition) is 0. The molecule has 0 saturated carbocycles. The number of fused-ring (bicyclic) bond motifs is 11. The molecule has 0 heterocycles.